The molecule has 0 aliphatic carbocycles. The predicted octanol–water partition coefficient (Wildman–Crippen LogP) is 1.98. The minimum Gasteiger partial charge on any atom is -0.381 e. The second-order valence-corrected chi connectivity index (χ2v) is 6.79. The Labute approximate surface area is 107 Å². The monoisotopic (exact) mass is 242 g/mol. The highest BCUT2D eigenvalue weighted by Gasteiger charge is 2.37. The average Bonchev–Trinajstić information content (AvgIpc) is 2.64. The number of ether oxygens (including phenoxy) is 1. The Balaban J connectivity index is 2.61. The maximum atomic E-state index is 5.61. The van der Waals surface area contributed by atoms with Gasteiger partial charge in [0.1, 0.15) is 0 Å². The Hall–Kier alpha value is -0.120. The molecule has 0 radical (unpaired) electrons. The Bertz CT molecular complexity index is 229. The maximum absolute atomic E-state index is 5.61. The fourth-order valence-corrected chi connectivity index (χ4v) is 2.67. The number of nitrogens with zero attached hydrogens (tertiary/aromatic N) is 1. The Morgan fingerprint density at radius 3 is 2.47 bits per heavy atom. The fraction of sp³-hybridized carbons (Fsp3) is 1.00. The molecule has 102 valence electrons. The first-order valence-corrected chi connectivity index (χ1v) is 6.73. The third-order valence-electron chi connectivity index (χ3n) is 4.24. The van der Waals surface area contributed by atoms with E-state index in [4.69, 9.17) is 4.74 Å². The van der Waals surface area contributed by atoms with Gasteiger partial charge < -0.3 is 15.0 Å². The molecule has 1 saturated heterocycles. The summed E-state index contributed by atoms with van der Waals surface area (Å²) in [6, 6.07) is 0.580. The summed E-state index contributed by atoms with van der Waals surface area (Å²) in [5.74, 6) is 0. The van der Waals surface area contributed by atoms with E-state index < -0.39 is 0 Å². The van der Waals surface area contributed by atoms with Crippen molar-refractivity contribution in [2.24, 2.45) is 10.8 Å². The minimum absolute atomic E-state index is 0.309. The van der Waals surface area contributed by atoms with E-state index in [1.165, 1.54) is 6.42 Å². The molecule has 1 N–H and O–H groups in total. The van der Waals surface area contributed by atoms with Gasteiger partial charge in [0.2, 0.25) is 0 Å². The van der Waals surface area contributed by atoms with Gasteiger partial charge in [0.05, 0.1) is 6.61 Å². The van der Waals surface area contributed by atoms with Gasteiger partial charge >= 0.3 is 0 Å². The van der Waals surface area contributed by atoms with Crippen LogP contribution in [0.1, 0.15) is 34.1 Å². The van der Waals surface area contributed by atoms with Crippen LogP contribution in [0.25, 0.3) is 0 Å². The number of hydrogen-bond acceptors (Lipinski definition) is 3. The summed E-state index contributed by atoms with van der Waals surface area (Å²) in [4.78, 5) is 2.49. The zero-order chi connectivity index (χ0) is 13.1. The fourth-order valence-electron chi connectivity index (χ4n) is 2.67. The van der Waals surface area contributed by atoms with Crippen molar-refractivity contribution < 1.29 is 4.74 Å². The SMILES string of the molecule is CNCC1(CN(C)C(C)C(C)(C)C)CCOC1. The van der Waals surface area contributed by atoms with Gasteiger partial charge in [-0.25, -0.2) is 0 Å². The van der Waals surface area contributed by atoms with Crippen molar-refractivity contribution in [3.05, 3.63) is 0 Å². The van der Waals surface area contributed by atoms with E-state index in [1.54, 1.807) is 0 Å². The first-order chi connectivity index (χ1) is 7.81. The van der Waals surface area contributed by atoms with Crippen LogP contribution in [-0.2, 0) is 4.74 Å². The van der Waals surface area contributed by atoms with Crippen LogP contribution in [0.4, 0.5) is 0 Å². The van der Waals surface area contributed by atoms with E-state index >= 15 is 0 Å². The summed E-state index contributed by atoms with van der Waals surface area (Å²) in [6.07, 6.45) is 1.18. The van der Waals surface area contributed by atoms with Crippen LogP contribution < -0.4 is 5.32 Å². The molecule has 1 aliphatic rings. The number of nitrogens with one attached hydrogen (secondary N) is 1. The molecular formula is C14H30N2O. The predicted molar refractivity (Wildman–Crippen MR) is 73.3 cm³/mol. The molecule has 0 spiro atoms. The van der Waals surface area contributed by atoms with Gasteiger partial charge in [-0.3, -0.25) is 0 Å². The zero-order valence-corrected chi connectivity index (χ0v) is 12.5. The standard InChI is InChI=1S/C14H30N2O/c1-12(13(2,3)4)16(6)10-14(9-15-5)7-8-17-11-14/h12,15H,7-11H2,1-6H3. The van der Waals surface area contributed by atoms with E-state index in [9.17, 15) is 0 Å². The molecule has 1 rings (SSSR count). The topological polar surface area (TPSA) is 24.5 Å². The minimum atomic E-state index is 0.309. The molecule has 0 aromatic heterocycles. The molecule has 0 aromatic carbocycles. The first kappa shape index (κ1) is 14.9. The summed E-state index contributed by atoms with van der Waals surface area (Å²) >= 11 is 0. The molecule has 0 bridgehead atoms. The second-order valence-electron chi connectivity index (χ2n) is 6.79. The summed E-state index contributed by atoms with van der Waals surface area (Å²) in [5.41, 5.74) is 0.637. The highest BCUT2D eigenvalue weighted by atomic mass is 16.5. The van der Waals surface area contributed by atoms with Crippen molar-refractivity contribution in [1.29, 1.82) is 0 Å². The molecule has 2 atom stereocenters. The number of rotatable bonds is 5. The molecule has 1 aliphatic heterocycles. The lowest BCUT2D eigenvalue weighted by Crippen LogP contribution is -2.48. The molecule has 0 saturated carbocycles. The largest absolute Gasteiger partial charge is 0.381 e. The second kappa shape index (κ2) is 5.68. The van der Waals surface area contributed by atoms with Crippen LogP contribution in [-0.4, -0.2) is 51.3 Å². The molecule has 1 fully saturated rings. The third kappa shape index (κ3) is 3.94. The average molecular weight is 242 g/mol. The number of hydrogen-bond donors (Lipinski definition) is 1. The van der Waals surface area contributed by atoms with Gasteiger partial charge in [-0.1, -0.05) is 20.8 Å². The summed E-state index contributed by atoms with van der Waals surface area (Å²) < 4.78 is 5.61. The lowest BCUT2D eigenvalue weighted by Gasteiger charge is -2.40. The molecule has 1 heterocycles. The van der Waals surface area contributed by atoms with Gasteiger partial charge in [0.15, 0.2) is 0 Å². The van der Waals surface area contributed by atoms with Crippen LogP contribution in [0.5, 0.6) is 0 Å². The Morgan fingerprint density at radius 1 is 1.41 bits per heavy atom. The quantitative estimate of drug-likeness (QED) is 0.798. The lowest BCUT2D eigenvalue weighted by atomic mass is 9.83. The van der Waals surface area contributed by atoms with Crippen molar-refractivity contribution in [3.63, 3.8) is 0 Å². The van der Waals surface area contributed by atoms with Crippen molar-refractivity contribution in [1.82, 2.24) is 10.2 Å². The molecular weight excluding hydrogens is 212 g/mol. The normalized spacial score (nSPS) is 27.7. The van der Waals surface area contributed by atoms with E-state index in [2.05, 4.69) is 45.0 Å². The van der Waals surface area contributed by atoms with Crippen LogP contribution in [0.2, 0.25) is 0 Å². The van der Waals surface area contributed by atoms with Gasteiger partial charge in [-0.15, -0.1) is 0 Å². The van der Waals surface area contributed by atoms with E-state index in [-0.39, 0.29) is 0 Å². The third-order valence-corrected chi connectivity index (χ3v) is 4.24. The van der Waals surface area contributed by atoms with Crippen molar-refractivity contribution in [3.8, 4) is 0 Å². The lowest BCUT2D eigenvalue weighted by molar-refractivity contribution is 0.0709. The highest BCUT2D eigenvalue weighted by molar-refractivity contribution is 4.90. The summed E-state index contributed by atoms with van der Waals surface area (Å²) in [5, 5.41) is 3.33. The van der Waals surface area contributed by atoms with E-state index in [1.807, 2.05) is 7.05 Å². The van der Waals surface area contributed by atoms with Crippen molar-refractivity contribution in [2.75, 3.05) is 40.4 Å². The zero-order valence-electron chi connectivity index (χ0n) is 12.5. The van der Waals surface area contributed by atoms with Crippen LogP contribution in [0.15, 0.2) is 0 Å². The molecule has 17 heavy (non-hydrogen) atoms. The molecule has 0 aromatic rings. The van der Waals surface area contributed by atoms with Gasteiger partial charge in [0.25, 0.3) is 0 Å². The molecule has 3 heteroatoms. The highest BCUT2D eigenvalue weighted by Crippen LogP contribution is 2.31. The van der Waals surface area contributed by atoms with Crippen LogP contribution in [0, 0.1) is 10.8 Å². The first-order valence-electron chi connectivity index (χ1n) is 6.73. The van der Waals surface area contributed by atoms with Gasteiger partial charge in [0, 0.05) is 31.2 Å². The Kier molecular flexibility index (Phi) is 4.99. The van der Waals surface area contributed by atoms with Crippen LogP contribution in [0.3, 0.4) is 0 Å². The molecule has 3 nitrogen and oxygen atoms in total. The molecule has 2 unspecified atom stereocenters. The van der Waals surface area contributed by atoms with Crippen molar-refractivity contribution >= 4 is 0 Å². The Morgan fingerprint density at radius 2 is 2.06 bits per heavy atom. The van der Waals surface area contributed by atoms with E-state index in [0.717, 1.165) is 26.3 Å². The summed E-state index contributed by atoms with van der Waals surface area (Å²) in [7, 11) is 4.28. The smallest absolute Gasteiger partial charge is 0.0547 e. The van der Waals surface area contributed by atoms with Crippen LogP contribution >= 0.6 is 0 Å². The summed E-state index contributed by atoms with van der Waals surface area (Å²) in [6.45, 7) is 13.2. The van der Waals surface area contributed by atoms with Gasteiger partial charge in [-0.05, 0) is 32.9 Å². The van der Waals surface area contributed by atoms with Crippen molar-refractivity contribution in [2.45, 2.75) is 40.2 Å². The van der Waals surface area contributed by atoms with E-state index in [0.29, 0.717) is 16.9 Å². The maximum Gasteiger partial charge on any atom is 0.0547 e. The van der Waals surface area contributed by atoms with Gasteiger partial charge in [-0.2, -0.15) is 0 Å². The molecule has 0 amide bonds.